The molecule has 0 aliphatic rings. The topological polar surface area (TPSA) is 96.0 Å². The number of rotatable bonds is 8. The summed E-state index contributed by atoms with van der Waals surface area (Å²) in [5.41, 5.74) is 0. The number of esters is 3. The molecule has 1 unspecified atom stereocenters. The van der Waals surface area contributed by atoms with Crippen molar-refractivity contribution in [3.63, 3.8) is 0 Å². The van der Waals surface area contributed by atoms with Crippen LogP contribution in [0.3, 0.4) is 0 Å². The molecule has 0 saturated carbocycles. The number of carbonyl (C=O) groups is 4. The van der Waals surface area contributed by atoms with E-state index in [-0.39, 0.29) is 13.0 Å². The van der Waals surface area contributed by atoms with Crippen LogP contribution in [0.4, 0.5) is 0 Å². The van der Waals surface area contributed by atoms with Crippen molar-refractivity contribution in [1.82, 2.24) is 0 Å². The number of methoxy groups -OCH3 is 1. The minimum atomic E-state index is -1.06. The summed E-state index contributed by atoms with van der Waals surface area (Å²) in [7, 11) is 1.17. The molecule has 8 heteroatoms. The molecule has 24 heavy (non-hydrogen) atoms. The highest BCUT2D eigenvalue weighted by Gasteiger charge is 2.20. The van der Waals surface area contributed by atoms with E-state index in [0.29, 0.717) is 12.0 Å². The predicted octanol–water partition coefficient (Wildman–Crippen LogP) is 1.83. The molecule has 0 saturated heterocycles. The number of benzene rings is 1. The molecule has 0 bridgehead atoms. The molecule has 1 rings (SSSR count). The molecule has 7 nitrogen and oxygen atoms in total. The maximum Gasteiger partial charge on any atom is 0.331 e. The number of carbonyl (C=O) groups excluding carboxylic acids is 4. The van der Waals surface area contributed by atoms with Crippen LogP contribution in [0.5, 0.6) is 5.75 Å². The Hall–Kier alpha value is -2.48. The van der Waals surface area contributed by atoms with Crippen LogP contribution in [-0.4, -0.2) is 37.9 Å². The van der Waals surface area contributed by atoms with Gasteiger partial charge in [0.2, 0.25) is 0 Å². The van der Waals surface area contributed by atoms with Crippen molar-refractivity contribution in [2.24, 2.45) is 5.92 Å². The fraction of sp³-hybridized carbons (Fsp3) is 0.250. The Balaban J connectivity index is 2.43. The third-order valence-electron chi connectivity index (χ3n) is 2.73. The van der Waals surface area contributed by atoms with Gasteiger partial charge in [0.1, 0.15) is 18.0 Å². The van der Waals surface area contributed by atoms with Crippen LogP contribution in [0.25, 0.3) is 0 Å². The van der Waals surface area contributed by atoms with Gasteiger partial charge in [-0.1, -0.05) is 15.9 Å². The molecule has 0 heterocycles. The van der Waals surface area contributed by atoms with Gasteiger partial charge < -0.3 is 19.0 Å². The largest absolute Gasteiger partial charge is 0.466 e. The zero-order chi connectivity index (χ0) is 17.9. The highest BCUT2D eigenvalue weighted by atomic mass is 79.9. The zero-order valence-corrected chi connectivity index (χ0v) is 14.4. The second-order valence-electron chi connectivity index (χ2n) is 4.43. The number of hydrogen-bond acceptors (Lipinski definition) is 7. The first-order valence-electron chi connectivity index (χ1n) is 6.81. The summed E-state index contributed by atoms with van der Waals surface area (Å²) < 4.78 is 15.0. The van der Waals surface area contributed by atoms with Crippen molar-refractivity contribution in [3.8, 4) is 5.75 Å². The maximum atomic E-state index is 11.9. The summed E-state index contributed by atoms with van der Waals surface area (Å²) >= 11 is 3.25. The Labute approximate surface area is 146 Å². The van der Waals surface area contributed by atoms with Crippen molar-refractivity contribution in [2.45, 2.75) is 6.42 Å². The van der Waals surface area contributed by atoms with E-state index in [9.17, 15) is 19.2 Å². The quantitative estimate of drug-likeness (QED) is 0.216. The Kier molecular flexibility index (Phi) is 8.42. The van der Waals surface area contributed by atoms with E-state index in [4.69, 9.17) is 9.47 Å². The van der Waals surface area contributed by atoms with Crippen LogP contribution < -0.4 is 4.74 Å². The smallest absolute Gasteiger partial charge is 0.331 e. The fourth-order valence-electron chi connectivity index (χ4n) is 1.47. The molecule has 0 N–H and O–H groups in total. The second-order valence-corrected chi connectivity index (χ2v) is 5.35. The monoisotopic (exact) mass is 398 g/mol. The van der Waals surface area contributed by atoms with E-state index in [1.165, 1.54) is 7.11 Å². The lowest BCUT2D eigenvalue weighted by molar-refractivity contribution is -0.145. The summed E-state index contributed by atoms with van der Waals surface area (Å²) in [6.07, 6.45) is 2.19. The first-order valence-corrected chi connectivity index (χ1v) is 7.61. The first kappa shape index (κ1) is 19.6. The number of hydrogen-bond donors (Lipinski definition) is 0. The van der Waals surface area contributed by atoms with Crippen LogP contribution >= 0.6 is 15.9 Å². The third kappa shape index (κ3) is 7.19. The van der Waals surface area contributed by atoms with Crippen LogP contribution in [0.15, 0.2) is 40.9 Å². The van der Waals surface area contributed by atoms with E-state index >= 15 is 0 Å². The van der Waals surface area contributed by atoms with Crippen molar-refractivity contribution >= 4 is 40.1 Å². The Morgan fingerprint density at radius 1 is 1.12 bits per heavy atom. The summed E-state index contributed by atoms with van der Waals surface area (Å²) in [5, 5.41) is 0. The molecule has 0 amide bonds. The average molecular weight is 399 g/mol. The lowest BCUT2D eigenvalue weighted by Crippen LogP contribution is -2.23. The minimum Gasteiger partial charge on any atom is -0.466 e. The Morgan fingerprint density at radius 2 is 1.75 bits per heavy atom. The standard InChI is InChI=1S/C16H15BrO7/c1-22-14(19)6-7-15(20)23-9-8-11(10-18)16(21)24-13-4-2-12(17)3-5-13/h2-7,10-11H,8-9H2,1H3. The summed E-state index contributed by atoms with van der Waals surface area (Å²) in [6.45, 7) is -0.177. The summed E-state index contributed by atoms with van der Waals surface area (Å²) in [6, 6.07) is 6.52. The van der Waals surface area contributed by atoms with Crippen molar-refractivity contribution in [1.29, 1.82) is 0 Å². The van der Waals surface area contributed by atoms with Gasteiger partial charge in [-0.2, -0.15) is 0 Å². The van der Waals surface area contributed by atoms with E-state index in [0.717, 1.165) is 16.6 Å². The van der Waals surface area contributed by atoms with Gasteiger partial charge in [0.25, 0.3) is 0 Å². The van der Waals surface area contributed by atoms with Crippen molar-refractivity contribution in [2.75, 3.05) is 13.7 Å². The summed E-state index contributed by atoms with van der Waals surface area (Å²) in [5.74, 6) is -2.99. The molecule has 0 fully saturated rings. The van der Waals surface area contributed by atoms with Gasteiger partial charge in [-0.3, -0.25) is 4.79 Å². The van der Waals surface area contributed by atoms with Crippen LogP contribution in [0, 0.1) is 5.92 Å². The molecular formula is C16H15BrO7. The van der Waals surface area contributed by atoms with E-state index in [2.05, 4.69) is 20.7 Å². The molecule has 1 aromatic carbocycles. The molecular weight excluding hydrogens is 384 g/mol. The third-order valence-corrected chi connectivity index (χ3v) is 3.26. The molecule has 0 aromatic heterocycles. The SMILES string of the molecule is COC(=O)C=CC(=O)OCCC(C=O)C(=O)Oc1ccc(Br)cc1. The normalized spacial score (nSPS) is 11.6. The second kappa shape index (κ2) is 10.3. The Bertz CT molecular complexity index is 622. The van der Waals surface area contributed by atoms with Crippen LogP contribution in [-0.2, 0) is 28.7 Å². The molecule has 1 aromatic rings. The van der Waals surface area contributed by atoms with E-state index in [1.807, 2.05) is 0 Å². The lowest BCUT2D eigenvalue weighted by Gasteiger charge is -2.10. The average Bonchev–Trinajstić information content (AvgIpc) is 2.58. The van der Waals surface area contributed by atoms with Crippen molar-refractivity contribution in [3.05, 3.63) is 40.9 Å². The highest BCUT2D eigenvalue weighted by Crippen LogP contribution is 2.17. The van der Waals surface area contributed by atoms with E-state index < -0.39 is 23.8 Å². The molecule has 0 spiro atoms. The minimum absolute atomic E-state index is 0.0311. The fourth-order valence-corrected chi connectivity index (χ4v) is 1.74. The highest BCUT2D eigenvalue weighted by molar-refractivity contribution is 9.10. The first-order chi connectivity index (χ1) is 11.5. The number of halogens is 1. The summed E-state index contributed by atoms with van der Waals surface area (Å²) in [4.78, 5) is 45.0. The van der Waals surface area contributed by atoms with Gasteiger partial charge >= 0.3 is 17.9 Å². The maximum absolute atomic E-state index is 11.9. The van der Waals surface area contributed by atoms with Crippen LogP contribution in [0.1, 0.15) is 6.42 Å². The van der Waals surface area contributed by atoms with Gasteiger partial charge in [-0.15, -0.1) is 0 Å². The molecule has 128 valence electrons. The van der Waals surface area contributed by atoms with Gasteiger partial charge in [0.05, 0.1) is 13.7 Å². The van der Waals surface area contributed by atoms with Crippen LogP contribution in [0.2, 0.25) is 0 Å². The zero-order valence-electron chi connectivity index (χ0n) is 12.8. The van der Waals surface area contributed by atoms with Gasteiger partial charge in [0.15, 0.2) is 0 Å². The molecule has 0 radical (unpaired) electrons. The van der Waals surface area contributed by atoms with E-state index in [1.54, 1.807) is 24.3 Å². The number of aldehydes is 1. The lowest BCUT2D eigenvalue weighted by atomic mass is 10.1. The predicted molar refractivity (Wildman–Crippen MR) is 86.1 cm³/mol. The van der Waals surface area contributed by atoms with Gasteiger partial charge in [0, 0.05) is 23.0 Å². The molecule has 0 aliphatic heterocycles. The van der Waals surface area contributed by atoms with Gasteiger partial charge in [-0.25, -0.2) is 9.59 Å². The van der Waals surface area contributed by atoms with Crippen molar-refractivity contribution < 1.29 is 33.4 Å². The Morgan fingerprint density at radius 3 is 2.33 bits per heavy atom. The molecule has 1 atom stereocenters. The number of ether oxygens (including phenoxy) is 3. The van der Waals surface area contributed by atoms with Gasteiger partial charge in [-0.05, 0) is 24.3 Å². The molecule has 0 aliphatic carbocycles.